The predicted octanol–water partition coefficient (Wildman–Crippen LogP) is 2.32. The third-order valence-corrected chi connectivity index (χ3v) is 4.39. The maximum absolute atomic E-state index is 11.8. The van der Waals surface area contributed by atoms with E-state index in [0.717, 1.165) is 30.3 Å². The molecule has 118 valence electrons. The van der Waals surface area contributed by atoms with Crippen molar-refractivity contribution in [2.45, 2.75) is 17.7 Å². The molecular formula is C15H23ClN2O2S. The topological polar surface area (TPSA) is 50.4 Å². The molecule has 1 aliphatic heterocycles. The normalized spacial score (nSPS) is 17.7. The van der Waals surface area contributed by atoms with Crippen LogP contribution in [0.25, 0.3) is 0 Å². The van der Waals surface area contributed by atoms with Crippen molar-refractivity contribution in [2.75, 3.05) is 32.5 Å². The highest BCUT2D eigenvalue weighted by Crippen LogP contribution is 2.22. The Hall–Kier alpha value is -0.910. The number of carbonyl (C=O) groups excluding carboxylic acids is 1. The molecule has 0 aromatic heterocycles. The molecule has 0 aliphatic carbocycles. The maximum Gasteiger partial charge on any atom is 0.230 e. The van der Waals surface area contributed by atoms with Gasteiger partial charge in [-0.2, -0.15) is 0 Å². The van der Waals surface area contributed by atoms with Crippen molar-refractivity contribution in [1.29, 1.82) is 0 Å². The number of thioether (sulfide) groups is 1. The van der Waals surface area contributed by atoms with Crippen LogP contribution >= 0.6 is 24.2 Å². The molecule has 1 aliphatic rings. The summed E-state index contributed by atoms with van der Waals surface area (Å²) in [6.45, 7) is 2.91. The molecule has 2 rings (SSSR count). The zero-order valence-corrected chi connectivity index (χ0v) is 13.9. The van der Waals surface area contributed by atoms with Gasteiger partial charge in [0.05, 0.1) is 12.9 Å². The Morgan fingerprint density at radius 2 is 2.38 bits per heavy atom. The van der Waals surface area contributed by atoms with Gasteiger partial charge in [0, 0.05) is 11.4 Å². The van der Waals surface area contributed by atoms with Gasteiger partial charge in [-0.25, -0.2) is 0 Å². The summed E-state index contributed by atoms with van der Waals surface area (Å²) in [4.78, 5) is 12.9. The molecule has 1 fully saturated rings. The molecule has 0 spiro atoms. The van der Waals surface area contributed by atoms with Crippen molar-refractivity contribution in [3.05, 3.63) is 24.3 Å². The summed E-state index contributed by atoms with van der Waals surface area (Å²) in [5.74, 6) is 1.95. The second-order valence-corrected chi connectivity index (χ2v) is 6.03. The molecule has 1 aromatic carbocycles. The Bertz CT molecular complexity index is 439. The number of amides is 1. The van der Waals surface area contributed by atoms with E-state index in [1.54, 1.807) is 7.11 Å². The van der Waals surface area contributed by atoms with E-state index in [9.17, 15) is 4.79 Å². The summed E-state index contributed by atoms with van der Waals surface area (Å²) in [6, 6.07) is 7.78. The van der Waals surface area contributed by atoms with E-state index in [4.69, 9.17) is 4.74 Å². The van der Waals surface area contributed by atoms with Crippen LogP contribution in [0, 0.1) is 5.92 Å². The highest BCUT2D eigenvalue weighted by molar-refractivity contribution is 8.00. The largest absolute Gasteiger partial charge is 0.497 e. The van der Waals surface area contributed by atoms with Gasteiger partial charge in [0.25, 0.3) is 0 Å². The fraction of sp³-hybridized carbons (Fsp3) is 0.533. The Morgan fingerprint density at radius 3 is 3.10 bits per heavy atom. The molecule has 0 bridgehead atoms. The van der Waals surface area contributed by atoms with Crippen LogP contribution in [0.4, 0.5) is 0 Å². The molecule has 1 aromatic rings. The van der Waals surface area contributed by atoms with Crippen molar-refractivity contribution in [1.82, 2.24) is 10.6 Å². The SMILES string of the molecule is COc1cccc(SCC(=O)NCC2CCCNC2)c1.Cl. The highest BCUT2D eigenvalue weighted by Gasteiger charge is 2.13. The van der Waals surface area contributed by atoms with Crippen LogP contribution in [0.3, 0.4) is 0 Å². The second-order valence-electron chi connectivity index (χ2n) is 4.98. The molecule has 1 amide bonds. The van der Waals surface area contributed by atoms with Gasteiger partial charge >= 0.3 is 0 Å². The van der Waals surface area contributed by atoms with Crippen LogP contribution in [-0.2, 0) is 4.79 Å². The Kier molecular flexibility index (Phi) is 8.57. The van der Waals surface area contributed by atoms with E-state index < -0.39 is 0 Å². The molecule has 0 saturated carbocycles. The van der Waals surface area contributed by atoms with Crippen LogP contribution < -0.4 is 15.4 Å². The van der Waals surface area contributed by atoms with Crippen molar-refractivity contribution in [3.63, 3.8) is 0 Å². The maximum atomic E-state index is 11.8. The Labute approximate surface area is 136 Å². The first-order valence-electron chi connectivity index (χ1n) is 7.02. The van der Waals surface area contributed by atoms with E-state index in [0.29, 0.717) is 11.7 Å². The minimum absolute atomic E-state index is 0. The van der Waals surface area contributed by atoms with Crippen LogP contribution in [0.5, 0.6) is 5.75 Å². The average Bonchev–Trinajstić information content (AvgIpc) is 2.52. The molecule has 1 atom stereocenters. The summed E-state index contributed by atoms with van der Waals surface area (Å²) in [5, 5.41) is 6.38. The number of methoxy groups -OCH3 is 1. The lowest BCUT2D eigenvalue weighted by Gasteiger charge is -2.22. The van der Waals surface area contributed by atoms with Gasteiger partial charge in [-0.05, 0) is 50.0 Å². The molecule has 1 heterocycles. The van der Waals surface area contributed by atoms with Gasteiger partial charge in [0.15, 0.2) is 0 Å². The number of ether oxygens (including phenoxy) is 1. The lowest BCUT2D eigenvalue weighted by atomic mass is 10.00. The van der Waals surface area contributed by atoms with Gasteiger partial charge in [-0.1, -0.05) is 6.07 Å². The van der Waals surface area contributed by atoms with Gasteiger partial charge < -0.3 is 15.4 Å². The summed E-state index contributed by atoms with van der Waals surface area (Å²) in [7, 11) is 1.65. The number of benzene rings is 1. The number of rotatable bonds is 6. The smallest absolute Gasteiger partial charge is 0.230 e. The monoisotopic (exact) mass is 330 g/mol. The molecule has 1 unspecified atom stereocenters. The van der Waals surface area contributed by atoms with Gasteiger partial charge in [0.2, 0.25) is 5.91 Å². The summed E-state index contributed by atoms with van der Waals surface area (Å²) < 4.78 is 5.17. The molecular weight excluding hydrogens is 308 g/mol. The first kappa shape index (κ1) is 18.1. The summed E-state index contributed by atoms with van der Waals surface area (Å²) in [6.07, 6.45) is 2.41. The average molecular weight is 331 g/mol. The number of hydrogen-bond acceptors (Lipinski definition) is 4. The van der Waals surface area contributed by atoms with Gasteiger partial charge in [-0.3, -0.25) is 4.79 Å². The molecule has 6 heteroatoms. The van der Waals surface area contributed by atoms with E-state index >= 15 is 0 Å². The zero-order chi connectivity index (χ0) is 14.2. The number of piperidine rings is 1. The minimum atomic E-state index is 0. The second kappa shape index (κ2) is 9.92. The molecule has 21 heavy (non-hydrogen) atoms. The zero-order valence-electron chi connectivity index (χ0n) is 12.3. The third kappa shape index (κ3) is 6.59. The molecule has 4 nitrogen and oxygen atoms in total. The third-order valence-electron chi connectivity index (χ3n) is 3.40. The summed E-state index contributed by atoms with van der Waals surface area (Å²) >= 11 is 1.54. The lowest BCUT2D eigenvalue weighted by Crippen LogP contribution is -2.38. The van der Waals surface area contributed by atoms with Crippen molar-refractivity contribution < 1.29 is 9.53 Å². The fourth-order valence-corrected chi connectivity index (χ4v) is 3.02. The first-order valence-corrected chi connectivity index (χ1v) is 8.01. The number of carbonyl (C=O) groups is 1. The van der Waals surface area contributed by atoms with Crippen LogP contribution in [0.1, 0.15) is 12.8 Å². The summed E-state index contributed by atoms with van der Waals surface area (Å²) in [5.41, 5.74) is 0. The van der Waals surface area contributed by atoms with Crippen LogP contribution in [0.15, 0.2) is 29.2 Å². The first-order chi connectivity index (χ1) is 9.78. The molecule has 1 saturated heterocycles. The molecule has 0 radical (unpaired) electrons. The van der Waals surface area contributed by atoms with E-state index in [-0.39, 0.29) is 18.3 Å². The van der Waals surface area contributed by atoms with Crippen LogP contribution in [0.2, 0.25) is 0 Å². The van der Waals surface area contributed by atoms with Crippen molar-refractivity contribution in [2.24, 2.45) is 5.92 Å². The van der Waals surface area contributed by atoms with Crippen LogP contribution in [-0.4, -0.2) is 38.4 Å². The van der Waals surface area contributed by atoms with E-state index in [1.165, 1.54) is 24.6 Å². The minimum Gasteiger partial charge on any atom is -0.497 e. The molecule has 2 N–H and O–H groups in total. The number of nitrogens with one attached hydrogen (secondary N) is 2. The standard InChI is InChI=1S/C15H22N2O2S.ClH/c1-19-13-5-2-6-14(8-13)20-11-15(18)17-10-12-4-3-7-16-9-12;/h2,5-6,8,12,16H,3-4,7,9-11H2,1H3,(H,17,18);1H. The number of hydrogen-bond donors (Lipinski definition) is 2. The Balaban J connectivity index is 0.00000220. The quantitative estimate of drug-likeness (QED) is 0.786. The fourth-order valence-electron chi connectivity index (χ4n) is 2.25. The predicted molar refractivity (Wildman–Crippen MR) is 89.6 cm³/mol. The highest BCUT2D eigenvalue weighted by atomic mass is 35.5. The van der Waals surface area contributed by atoms with Crippen molar-refractivity contribution in [3.8, 4) is 5.75 Å². The van der Waals surface area contributed by atoms with E-state index in [1.807, 2.05) is 24.3 Å². The number of halogens is 1. The Morgan fingerprint density at radius 1 is 1.52 bits per heavy atom. The van der Waals surface area contributed by atoms with Gasteiger partial charge in [0.1, 0.15) is 5.75 Å². The van der Waals surface area contributed by atoms with Gasteiger partial charge in [-0.15, -0.1) is 24.2 Å². The van der Waals surface area contributed by atoms with E-state index in [2.05, 4.69) is 10.6 Å². The van der Waals surface area contributed by atoms with Crippen molar-refractivity contribution >= 4 is 30.1 Å². The lowest BCUT2D eigenvalue weighted by molar-refractivity contribution is -0.118.